The van der Waals surface area contributed by atoms with E-state index >= 15 is 0 Å². The maximum Gasteiger partial charge on any atom is 0.247 e. The molecule has 1 aromatic heterocycles. The van der Waals surface area contributed by atoms with Gasteiger partial charge < -0.3 is 10.3 Å². The number of nitrogens with zero attached hydrogens (tertiary/aromatic N) is 2. The van der Waals surface area contributed by atoms with Gasteiger partial charge in [0.15, 0.2) is 15.7 Å². The molecule has 1 heterocycles. The minimum absolute atomic E-state index is 0.0669. The van der Waals surface area contributed by atoms with Crippen molar-refractivity contribution in [1.82, 2.24) is 10.1 Å². The maximum atomic E-state index is 11.5. The summed E-state index contributed by atoms with van der Waals surface area (Å²) in [6, 6.07) is -0.377. The van der Waals surface area contributed by atoms with Gasteiger partial charge in [-0.2, -0.15) is 4.98 Å². The van der Waals surface area contributed by atoms with E-state index in [4.69, 9.17) is 10.3 Å². The van der Waals surface area contributed by atoms with Gasteiger partial charge in [0.2, 0.25) is 5.89 Å². The van der Waals surface area contributed by atoms with Gasteiger partial charge in [-0.15, -0.1) is 0 Å². The van der Waals surface area contributed by atoms with Gasteiger partial charge in [0.05, 0.1) is 6.04 Å². The maximum absolute atomic E-state index is 11.5. The van der Waals surface area contributed by atoms with Crippen LogP contribution in [0.5, 0.6) is 0 Å². The second-order valence-electron chi connectivity index (χ2n) is 4.03. The molecule has 0 amide bonds. The first-order valence-electron chi connectivity index (χ1n) is 4.45. The quantitative estimate of drug-likeness (QED) is 0.809. The van der Waals surface area contributed by atoms with Gasteiger partial charge in [0, 0.05) is 6.26 Å². The van der Waals surface area contributed by atoms with Crippen molar-refractivity contribution in [3.05, 3.63) is 11.7 Å². The molecule has 1 atom stereocenters. The lowest BCUT2D eigenvalue weighted by Crippen LogP contribution is -2.28. The van der Waals surface area contributed by atoms with Gasteiger partial charge in [-0.1, -0.05) is 5.16 Å². The standard InChI is InChI=1S/C8H15N3O3S/c1-5(9)6-10-7(14-11-6)8(2,3)15(4,12)13/h5H,9H2,1-4H3. The lowest BCUT2D eigenvalue weighted by molar-refractivity contribution is 0.342. The molecule has 1 unspecified atom stereocenters. The molecule has 1 rings (SSSR count). The van der Waals surface area contributed by atoms with Crippen LogP contribution in [0, 0.1) is 0 Å². The molecule has 0 saturated carbocycles. The average molecular weight is 233 g/mol. The molecular formula is C8H15N3O3S. The molecular weight excluding hydrogens is 218 g/mol. The largest absolute Gasteiger partial charge is 0.338 e. The Morgan fingerprint density at radius 2 is 2.00 bits per heavy atom. The normalized spacial score (nSPS) is 15.3. The molecule has 0 aromatic carbocycles. The van der Waals surface area contributed by atoms with E-state index in [9.17, 15) is 8.42 Å². The zero-order chi connectivity index (χ0) is 11.9. The van der Waals surface area contributed by atoms with Gasteiger partial charge in [0.1, 0.15) is 4.75 Å². The van der Waals surface area contributed by atoms with Crippen LogP contribution in [0.3, 0.4) is 0 Å². The third-order valence-corrected chi connectivity index (χ3v) is 4.32. The fraction of sp³-hybridized carbons (Fsp3) is 0.750. The van der Waals surface area contributed by atoms with E-state index in [2.05, 4.69) is 10.1 Å². The highest BCUT2D eigenvalue weighted by atomic mass is 32.2. The van der Waals surface area contributed by atoms with E-state index in [1.54, 1.807) is 6.92 Å². The van der Waals surface area contributed by atoms with E-state index in [0.29, 0.717) is 5.82 Å². The molecule has 6 nitrogen and oxygen atoms in total. The van der Waals surface area contributed by atoms with Gasteiger partial charge in [-0.05, 0) is 20.8 Å². The van der Waals surface area contributed by atoms with Crippen LogP contribution >= 0.6 is 0 Å². The van der Waals surface area contributed by atoms with E-state index in [1.165, 1.54) is 13.8 Å². The van der Waals surface area contributed by atoms with E-state index in [-0.39, 0.29) is 11.9 Å². The highest BCUT2D eigenvalue weighted by molar-refractivity contribution is 7.91. The molecule has 0 aliphatic heterocycles. The van der Waals surface area contributed by atoms with Crippen molar-refractivity contribution >= 4 is 9.84 Å². The highest BCUT2D eigenvalue weighted by Crippen LogP contribution is 2.27. The Morgan fingerprint density at radius 3 is 2.33 bits per heavy atom. The zero-order valence-corrected chi connectivity index (χ0v) is 10.00. The third-order valence-electron chi connectivity index (χ3n) is 2.29. The number of rotatable bonds is 3. The number of hydrogen-bond acceptors (Lipinski definition) is 6. The Hall–Kier alpha value is -0.950. The molecule has 1 aromatic rings. The van der Waals surface area contributed by atoms with Gasteiger partial charge in [-0.25, -0.2) is 8.42 Å². The third kappa shape index (κ3) is 2.18. The topological polar surface area (TPSA) is 99.1 Å². The second kappa shape index (κ2) is 3.57. The summed E-state index contributed by atoms with van der Waals surface area (Å²) >= 11 is 0. The molecule has 0 aliphatic rings. The summed E-state index contributed by atoms with van der Waals surface area (Å²) in [6.07, 6.45) is 1.13. The number of aromatic nitrogens is 2. The van der Waals surface area contributed by atoms with Crippen molar-refractivity contribution in [2.24, 2.45) is 5.73 Å². The number of nitrogens with two attached hydrogens (primary N) is 1. The van der Waals surface area contributed by atoms with Crippen LogP contribution < -0.4 is 5.73 Å². The average Bonchev–Trinajstić information content (AvgIpc) is 2.49. The Bertz CT molecular complexity index is 447. The summed E-state index contributed by atoms with van der Waals surface area (Å²) in [5.41, 5.74) is 5.54. The molecule has 2 N–H and O–H groups in total. The molecule has 0 bridgehead atoms. The Balaban J connectivity index is 3.17. The fourth-order valence-corrected chi connectivity index (χ4v) is 1.22. The first-order valence-corrected chi connectivity index (χ1v) is 6.34. The Kier molecular flexibility index (Phi) is 2.88. The summed E-state index contributed by atoms with van der Waals surface area (Å²) in [4.78, 5) is 3.97. The molecule has 15 heavy (non-hydrogen) atoms. The SMILES string of the molecule is CC(N)c1noc(C(C)(C)S(C)(=O)=O)n1. The van der Waals surface area contributed by atoms with Crippen molar-refractivity contribution < 1.29 is 12.9 Å². The van der Waals surface area contributed by atoms with E-state index < -0.39 is 14.6 Å². The van der Waals surface area contributed by atoms with Gasteiger partial charge >= 0.3 is 0 Å². The smallest absolute Gasteiger partial charge is 0.247 e. The number of hydrogen-bond donors (Lipinski definition) is 1. The van der Waals surface area contributed by atoms with Crippen LogP contribution in [0.1, 0.15) is 38.5 Å². The number of sulfone groups is 1. The van der Waals surface area contributed by atoms with Crippen LogP contribution in [-0.2, 0) is 14.6 Å². The van der Waals surface area contributed by atoms with E-state index in [1.807, 2.05) is 0 Å². The first kappa shape index (κ1) is 12.1. The molecule has 0 saturated heterocycles. The zero-order valence-electron chi connectivity index (χ0n) is 9.18. The summed E-state index contributed by atoms with van der Waals surface area (Å²) in [7, 11) is -3.30. The summed E-state index contributed by atoms with van der Waals surface area (Å²) < 4.78 is 26.7. The fourth-order valence-electron chi connectivity index (χ4n) is 0.823. The van der Waals surface area contributed by atoms with Crippen molar-refractivity contribution in [2.75, 3.05) is 6.26 Å². The minimum atomic E-state index is -3.30. The monoisotopic (exact) mass is 233 g/mol. The molecule has 0 aliphatic carbocycles. The summed E-state index contributed by atoms with van der Waals surface area (Å²) in [6.45, 7) is 4.73. The van der Waals surface area contributed by atoms with Gasteiger partial charge in [-0.3, -0.25) is 0 Å². The van der Waals surface area contributed by atoms with Crippen LogP contribution in [0.4, 0.5) is 0 Å². The van der Waals surface area contributed by atoms with Crippen LogP contribution in [0.25, 0.3) is 0 Å². The molecule has 0 spiro atoms. The summed E-state index contributed by atoms with van der Waals surface area (Å²) in [5, 5.41) is 3.62. The molecule has 86 valence electrons. The lowest BCUT2D eigenvalue weighted by Gasteiger charge is -2.16. The Labute approximate surface area is 88.8 Å². The highest BCUT2D eigenvalue weighted by Gasteiger charge is 2.38. The first-order chi connectivity index (χ1) is 6.66. The van der Waals surface area contributed by atoms with Crippen molar-refractivity contribution in [3.8, 4) is 0 Å². The molecule has 0 radical (unpaired) electrons. The Morgan fingerprint density at radius 1 is 1.47 bits per heavy atom. The lowest BCUT2D eigenvalue weighted by atomic mass is 10.2. The minimum Gasteiger partial charge on any atom is -0.338 e. The second-order valence-corrected chi connectivity index (χ2v) is 6.59. The van der Waals surface area contributed by atoms with Gasteiger partial charge in [0.25, 0.3) is 0 Å². The van der Waals surface area contributed by atoms with Crippen LogP contribution in [0.2, 0.25) is 0 Å². The van der Waals surface area contributed by atoms with Crippen molar-refractivity contribution in [2.45, 2.75) is 31.6 Å². The molecule has 7 heteroatoms. The van der Waals surface area contributed by atoms with Crippen molar-refractivity contribution in [3.63, 3.8) is 0 Å². The molecule has 0 fully saturated rings. The van der Waals surface area contributed by atoms with Crippen LogP contribution in [-0.4, -0.2) is 24.8 Å². The van der Waals surface area contributed by atoms with Crippen molar-refractivity contribution in [1.29, 1.82) is 0 Å². The summed E-state index contributed by atoms with van der Waals surface area (Å²) in [5.74, 6) is 0.374. The van der Waals surface area contributed by atoms with E-state index in [0.717, 1.165) is 6.26 Å². The van der Waals surface area contributed by atoms with Crippen LogP contribution in [0.15, 0.2) is 4.52 Å². The predicted octanol–water partition coefficient (Wildman–Crippen LogP) is 0.369. The predicted molar refractivity (Wildman–Crippen MR) is 54.8 cm³/mol.